The average molecular weight is 482 g/mol. The van der Waals surface area contributed by atoms with E-state index < -0.39 is 24.3 Å². The highest BCUT2D eigenvalue weighted by atomic mass is 79.9. The van der Waals surface area contributed by atoms with E-state index in [0.717, 1.165) is 6.42 Å². The summed E-state index contributed by atoms with van der Waals surface area (Å²) >= 11 is 3.37. The van der Waals surface area contributed by atoms with Crippen molar-refractivity contribution in [2.75, 3.05) is 27.4 Å². The minimum Gasteiger partial charge on any atom is -0.493 e. The lowest BCUT2D eigenvalue weighted by Crippen LogP contribution is -2.16. The molecule has 0 saturated heterocycles. The Morgan fingerprint density at radius 3 is 2.40 bits per heavy atom. The molecule has 2 rings (SSSR count). The molecule has 0 fully saturated rings. The molecule has 0 aliphatic rings. The summed E-state index contributed by atoms with van der Waals surface area (Å²) in [6.07, 6.45) is 0.816. The molecular weight excluding hydrogens is 458 g/mol. The van der Waals surface area contributed by atoms with Crippen LogP contribution in [0.4, 0.5) is 0 Å². The van der Waals surface area contributed by atoms with E-state index in [-0.39, 0.29) is 11.3 Å². The zero-order chi connectivity index (χ0) is 22.4. The number of ketones is 1. The predicted molar refractivity (Wildman–Crippen MR) is 113 cm³/mol. The molecule has 0 bridgehead atoms. The van der Waals surface area contributed by atoms with E-state index in [4.69, 9.17) is 18.9 Å². The fourth-order valence-corrected chi connectivity index (χ4v) is 3.46. The topological polar surface area (TPSA) is 104 Å². The molecule has 1 N–H and O–H groups in total. The van der Waals surface area contributed by atoms with E-state index >= 15 is 0 Å². The second-order valence-electron chi connectivity index (χ2n) is 6.45. The molecule has 0 unspecified atom stereocenters. The number of carbonyl (C=O) groups excluding carboxylic acids is 3. The van der Waals surface area contributed by atoms with Crippen molar-refractivity contribution in [3.05, 3.63) is 44.7 Å². The molecule has 0 spiro atoms. The van der Waals surface area contributed by atoms with Crippen LogP contribution in [0.2, 0.25) is 0 Å². The normalized spacial score (nSPS) is 10.5. The number of nitrogens with one attached hydrogen (secondary N) is 1. The standard InChI is InChI=1S/C21H24BrNO7/c1-6-7-29-19-14(22)8-13(9-16(19)27-4)20(25)30-10-15(24)18-11(2)17(12(3)23-18)21(26)28-5/h8-9,23H,6-7,10H2,1-5H3. The number of H-pyrrole nitrogens is 1. The maximum atomic E-state index is 12.5. The van der Waals surface area contributed by atoms with Crippen LogP contribution in [-0.4, -0.2) is 50.1 Å². The minimum absolute atomic E-state index is 0.197. The minimum atomic E-state index is -0.696. The van der Waals surface area contributed by atoms with E-state index in [1.54, 1.807) is 19.9 Å². The Bertz CT molecular complexity index is 965. The molecule has 1 aromatic heterocycles. The number of esters is 2. The number of ether oxygens (including phenoxy) is 4. The van der Waals surface area contributed by atoms with Gasteiger partial charge in [0, 0.05) is 5.69 Å². The molecule has 0 aliphatic carbocycles. The first-order valence-corrected chi connectivity index (χ1v) is 10.0. The van der Waals surface area contributed by atoms with E-state index in [1.807, 2.05) is 6.92 Å². The van der Waals surface area contributed by atoms with Crippen molar-refractivity contribution < 1.29 is 33.3 Å². The van der Waals surface area contributed by atoms with Gasteiger partial charge in [-0.2, -0.15) is 0 Å². The fraction of sp³-hybridized carbons (Fsp3) is 0.381. The van der Waals surface area contributed by atoms with Crippen molar-refractivity contribution in [2.24, 2.45) is 0 Å². The third-order valence-electron chi connectivity index (χ3n) is 4.36. The van der Waals surface area contributed by atoms with Gasteiger partial charge in [-0.05, 0) is 53.9 Å². The van der Waals surface area contributed by atoms with Gasteiger partial charge in [0.1, 0.15) is 0 Å². The predicted octanol–water partition coefficient (Wildman–Crippen LogP) is 4.02. The molecule has 2 aromatic rings. The zero-order valence-corrected chi connectivity index (χ0v) is 19.1. The number of aromatic amines is 1. The number of aromatic nitrogens is 1. The molecule has 162 valence electrons. The van der Waals surface area contributed by atoms with Gasteiger partial charge in [0.05, 0.1) is 42.1 Å². The first-order chi connectivity index (χ1) is 14.2. The number of methoxy groups -OCH3 is 2. The van der Waals surface area contributed by atoms with Crippen LogP contribution in [0.25, 0.3) is 0 Å². The number of Topliss-reactive ketones (excluding diaryl/α,β-unsaturated/α-hetero) is 1. The van der Waals surface area contributed by atoms with E-state index in [2.05, 4.69) is 20.9 Å². The van der Waals surface area contributed by atoms with Crippen molar-refractivity contribution in [1.82, 2.24) is 4.98 Å². The number of hydrogen-bond acceptors (Lipinski definition) is 7. The SMILES string of the molecule is CCCOc1c(Br)cc(C(=O)OCC(=O)c2[nH]c(C)c(C(=O)OC)c2C)cc1OC. The summed E-state index contributed by atoms with van der Waals surface area (Å²) in [4.78, 5) is 39.7. The molecule has 0 aliphatic heterocycles. The summed E-state index contributed by atoms with van der Waals surface area (Å²) < 4.78 is 21.4. The molecule has 0 amide bonds. The summed E-state index contributed by atoms with van der Waals surface area (Å²) in [6, 6.07) is 3.03. The van der Waals surface area contributed by atoms with Gasteiger partial charge in [0.25, 0.3) is 0 Å². The Balaban J connectivity index is 2.15. The van der Waals surface area contributed by atoms with Crippen LogP contribution in [0, 0.1) is 13.8 Å². The van der Waals surface area contributed by atoms with Gasteiger partial charge in [-0.25, -0.2) is 9.59 Å². The highest BCUT2D eigenvalue weighted by Gasteiger charge is 2.24. The Kier molecular flexibility index (Phi) is 8.05. The van der Waals surface area contributed by atoms with Gasteiger partial charge in [-0.1, -0.05) is 6.92 Å². The molecule has 0 saturated carbocycles. The highest BCUT2D eigenvalue weighted by Crippen LogP contribution is 2.37. The summed E-state index contributed by atoms with van der Waals surface area (Å²) in [5.41, 5.74) is 1.64. The fourth-order valence-electron chi connectivity index (χ4n) is 2.91. The summed E-state index contributed by atoms with van der Waals surface area (Å²) in [5.74, 6) is -0.847. The van der Waals surface area contributed by atoms with Crippen molar-refractivity contribution in [1.29, 1.82) is 0 Å². The third-order valence-corrected chi connectivity index (χ3v) is 4.94. The van der Waals surface area contributed by atoms with Gasteiger partial charge in [-0.3, -0.25) is 4.79 Å². The Morgan fingerprint density at radius 2 is 1.80 bits per heavy atom. The third kappa shape index (κ3) is 5.02. The molecule has 8 nitrogen and oxygen atoms in total. The second kappa shape index (κ2) is 10.3. The summed E-state index contributed by atoms with van der Waals surface area (Å²) in [6.45, 7) is 5.27. The molecule has 1 heterocycles. The summed E-state index contributed by atoms with van der Waals surface area (Å²) in [7, 11) is 2.73. The van der Waals surface area contributed by atoms with Crippen molar-refractivity contribution in [3.8, 4) is 11.5 Å². The van der Waals surface area contributed by atoms with Gasteiger partial charge in [0.15, 0.2) is 18.1 Å². The van der Waals surface area contributed by atoms with Crippen molar-refractivity contribution >= 4 is 33.7 Å². The lowest BCUT2D eigenvalue weighted by atomic mass is 10.1. The van der Waals surface area contributed by atoms with Crippen LogP contribution in [0.1, 0.15) is 55.8 Å². The smallest absolute Gasteiger partial charge is 0.339 e. The number of halogens is 1. The quantitative estimate of drug-likeness (QED) is 0.425. The lowest BCUT2D eigenvalue weighted by Gasteiger charge is -2.13. The first kappa shape index (κ1) is 23.5. The average Bonchev–Trinajstić information content (AvgIpc) is 3.03. The number of hydrogen-bond donors (Lipinski definition) is 1. The number of benzene rings is 1. The number of rotatable bonds is 9. The molecule has 0 radical (unpaired) electrons. The zero-order valence-electron chi connectivity index (χ0n) is 17.5. The van der Waals surface area contributed by atoms with E-state index in [9.17, 15) is 14.4 Å². The lowest BCUT2D eigenvalue weighted by molar-refractivity contribution is 0.0472. The maximum Gasteiger partial charge on any atom is 0.339 e. The second-order valence-corrected chi connectivity index (χ2v) is 7.31. The van der Waals surface area contributed by atoms with Crippen molar-refractivity contribution in [3.63, 3.8) is 0 Å². The van der Waals surface area contributed by atoms with Gasteiger partial charge >= 0.3 is 11.9 Å². The molecular formula is C21H24BrNO7. The van der Waals surface area contributed by atoms with Crippen LogP contribution in [0.15, 0.2) is 16.6 Å². The molecule has 1 aromatic carbocycles. The molecule has 0 atom stereocenters. The Labute approximate surface area is 183 Å². The monoisotopic (exact) mass is 481 g/mol. The van der Waals surface area contributed by atoms with E-state index in [1.165, 1.54) is 20.3 Å². The summed E-state index contributed by atoms with van der Waals surface area (Å²) in [5, 5.41) is 0. The van der Waals surface area contributed by atoms with Gasteiger partial charge in [-0.15, -0.1) is 0 Å². The molecule has 9 heteroatoms. The van der Waals surface area contributed by atoms with Gasteiger partial charge < -0.3 is 23.9 Å². The Hall–Kier alpha value is -2.81. The Morgan fingerprint density at radius 1 is 1.10 bits per heavy atom. The largest absolute Gasteiger partial charge is 0.493 e. The van der Waals surface area contributed by atoms with Crippen LogP contribution in [0.5, 0.6) is 11.5 Å². The van der Waals surface area contributed by atoms with Crippen LogP contribution >= 0.6 is 15.9 Å². The van der Waals surface area contributed by atoms with Crippen LogP contribution in [0.3, 0.4) is 0 Å². The maximum absolute atomic E-state index is 12.5. The first-order valence-electron chi connectivity index (χ1n) is 9.23. The van der Waals surface area contributed by atoms with Crippen LogP contribution < -0.4 is 9.47 Å². The van der Waals surface area contributed by atoms with Crippen molar-refractivity contribution in [2.45, 2.75) is 27.2 Å². The highest BCUT2D eigenvalue weighted by molar-refractivity contribution is 9.10. The number of aryl methyl sites for hydroxylation is 1. The molecule has 30 heavy (non-hydrogen) atoms. The number of carbonyl (C=O) groups is 3. The van der Waals surface area contributed by atoms with Crippen LogP contribution in [-0.2, 0) is 9.47 Å². The van der Waals surface area contributed by atoms with E-state index in [0.29, 0.717) is 39.4 Å². The van der Waals surface area contributed by atoms with Gasteiger partial charge in [0.2, 0.25) is 5.78 Å².